The second-order valence-electron chi connectivity index (χ2n) is 3.52. The lowest BCUT2D eigenvalue weighted by Crippen LogP contribution is -2.12. The van der Waals surface area contributed by atoms with Crippen molar-refractivity contribution in [3.05, 3.63) is 35.4 Å². The molecule has 7 heteroatoms. The van der Waals surface area contributed by atoms with E-state index in [0.29, 0.717) is 0 Å². The largest absolute Gasteiger partial charge is 0.491 e. The van der Waals surface area contributed by atoms with Crippen LogP contribution >= 0.6 is 11.6 Å². The van der Waals surface area contributed by atoms with Gasteiger partial charge in [-0.1, -0.05) is 17.7 Å². The van der Waals surface area contributed by atoms with Crippen molar-refractivity contribution >= 4 is 17.3 Å². The molecule has 1 rings (SSSR count). The predicted molar refractivity (Wildman–Crippen MR) is 67.5 cm³/mol. The zero-order valence-corrected chi connectivity index (χ0v) is 10.6. The van der Waals surface area contributed by atoms with Crippen LogP contribution in [0.25, 0.3) is 0 Å². The second kappa shape index (κ2) is 7.25. The zero-order valence-electron chi connectivity index (χ0n) is 9.88. The fourth-order valence-corrected chi connectivity index (χ4v) is 1.47. The van der Waals surface area contributed by atoms with Gasteiger partial charge in [0.05, 0.1) is 12.2 Å². The Labute approximate surface area is 113 Å². The number of halogens is 4. The average molecular weight is 296 g/mol. The fourth-order valence-electron chi connectivity index (χ4n) is 1.38. The summed E-state index contributed by atoms with van der Waals surface area (Å²) in [5, 5.41) is 11.2. The summed E-state index contributed by atoms with van der Waals surface area (Å²) in [5.74, 6) is 0.0554. The molecule has 0 fully saturated rings. The molecule has 2 N–H and O–H groups in total. The lowest BCUT2D eigenvalue weighted by Gasteiger charge is -2.15. The van der Waals surface area contributed by atoms with E-state index in [4.69, 9.17) is 21.4 Å². The molecular weight excluding hydrogens is 283 g/mol. The monoisotopic (exact) mass is 295 g/mol. The van der Waals surface area contributed by atoms with Gasteiger partial charge in [0.2, 0.25) is 0 Å². The van der Waals surface area contributed by atoms with Crippen molar-refractivity contribution in [1.82, 2.24) is 0 Å². The van der Waals surface area contributed by atoms with E-state index in [0.717, 1.165) is 6.07 Å². The molecule has 0 atom stereocenters. The number of benzene rings is 1. The van der Waals surface area contributed by atoms with E-state index in [1.54, 1.807) is 0 Å². The Hall–Kier alpha value is -1.40. The van der Waals surface area contributed by atoms with Crippen LogP contribution in [0, 0.1) is 0 Å². The molecule has 0 aliphatic heterocycles. The molecule has 0 saturated heterocycles. The molecule has 0 saturated carbocycles. The van der Waals surface area contributed by atoms with Crippen molar-refractivity contribution in [2.45, 2.75) is 6.18 Å². The van der Waals surface area contributed by atoms with Crippen LogP contribution in [-0.4, -0.2) is 24.9 Å². The van der Waals surface area contributed by atoms with Crippen LogP contribution in [0.15, 0.2) is 29.8 Å². The minimum absolute atomic E-state index is 0.0554. The van der Waals surface area contributed by atoms with Crippen molar-refractivity contribution in [3.63, 3.8) is 0 Å². The summed E-state index contributed by atoms with van der Waals surface area (Å²) in [6, 6.07) is 3.57. The van der Waals surface area contributed by atoms with Gasteiger partial charge < -0.3 is 15.2 Å². The summed E-state index contributed by atoms with van der Waals surface area (Å²) in [6.07, 6.45) is -3.01. The molecule has 3 nitrogen and oxygen atoms in total. The minimum Gasteiger partial charge on any atom is -0.491 e. The van der Waals surface area contributed by atoms with Crippen molar-refractivity contribution in [2.75, 3.05) is 25.1 Å². The Bertz CT molecular complexity index is 435. The summed E-state index contributed by atoms with van der Waals surface area (Å²) in [5.41, 5.74) is 0.337. The standard InChI is InChI=1S/C12H13ClF3NO2/c13-4-1-5-17-11-3-2-9(19-7-6-18)8-10(11)12(14,15)16/h1-4,8,17-18H,5-7H2/b4-1+. The highest BCUT2D eigenvalue weighted by atomic mass is 35.5. The number of hydrogen-bond donors (Lipinski definition) is 2. The van der Waals surface area contributed by atoms with Gasteiger partial charge in [-0.2, -0.15) is 13.2 Å². The first-order valence-corrected chi connectivity index (χ1v) is 5.86. The lowest BCUT2D eigenvalue weighted by atomic mass is 10.1. The molecule has 0 heterocycles. The van der Waals surface area contributed by atoms with Gasteiger partial charge in [0, 0.05) is 17.8 Å². The molecule has 0 spiro atoms. The van der Waals surface area contributed by atoms with Gasteiger partial charge in [0.25, 0.3) is 0 Å². The second-order valence-corrected chi connectivity index (χ2v) is 3.77. The van der Waals surface area contributed by atoms with Gasteiger partial charge in [-0.05, 0) is 18.2 Å². The number of alkyl halides is 3. The molecule has 0 unspecified atom stereocenters. The van der Waals surface area contributed by atoms with Gasteiger partial charge in [-0.3, -0.25) is 0 Å². The van der Waals surface area contributed by atoms with Gasteiger partial charge in [-0.25, -0.2) is 0 Å². The Kier molecular flexibility index (Phi) is 5.98. The third-order valence-corrected chi connectivity index (χ3v) is 2.33. The van der Waals surface area contributed by atoms with Crippen LogP contribution < -0.4 is 10.1 Å². The van der Waals surface area contributed by atoms with E-state index in [2.05, 4.69) is 5.32 Å². The zero-order chi connectivity index (χ0) is 14.3. The van der Waals surface area contributed by atoms with Crippen molar-refractivity contribution in [3.8, 4) is 5.75 Å². The number of aliphatic hydroxyl groups excluding tert-OH is 1. The predicted octanol–water partition coefficient (Wildman–Crippen LogP) is 3.24. The van der Waals surface area contributed by atoms with Crippen LogP contribution in [0.3, 0.4) is 0 Å². The molecule has 1 aromatic rings. The molecule has 0 aromatic heterocycles. The van der Waals surface area contributed by atoms with Crippen LogP contribution in [-0.2, 0) is 6.18 Å². The molecule has 1 aromatic carbocycles. The molecule has 106 valence electrons. The number of aliphatic hydroxyl groups is 1. The molecule has 19 heavy (non-hydrogen) atoms. The highest BCUT2D eigenvalue weighted by molar-refractivity contribution is 6.25. The van der Waals surface area contributed by atoms with Gasteiger partial charge in [-0.15, -0.1) is 0 Å². The molecule has 0 aliphatic carbocycles. The summed E-state index contributed by atoms with van der Waals surface area (Å²) in [4.78, 5) is 0. The van der Waals surface area contributed by atoms with Gasteiger partial charge in [0.15, 0.2) is 0 Å². The van der Waals surface area contributed by atoms with Gasteiger partial charge >= 0.3 is 6.18 Å². The van der Waals surface area contributed by atoms with Crippen molar-refractivity contribution in [2.24, 2.45) is 0 Å². The Balaban J connectivity index is 2.96. The lowest BCUT2D eigenvalue weighted by molar-refractivity contribution is -0.137. The maximum Gasteiger partial charge on any atom is 0.418 e. The molecular formula is C12H13ClF3NO2. The number of rotatable bonds is 6. The summed E-state index contributed by atoms with van der Waals surface area (Å²) in [6.45, 7) is -0.135. The van der Waals surface area contributed by atoms with Crippen LogP contribution in [0.1, 0.15) is 5.56 Å². The number of ether oxygens (including phenoxy) is 1. The first-order valence-electron chi connectivity index (χ1n) is 5.43. The maximum atomic E-state index is 12.9. The van der Waals surface area contributed by atoms with E-state index in [9.17, 15) is 13.2 Å². The first kappa shape index (κ1) is 15.7. The van der Waals surface area contributed by atoms with E-state index in [1.165, 1.54) is 23.7 Å². The Morgan fingerprint density at radius 3 is 2.68 bits per heavy atom. The summed E-state index contributed by atoms with van der Waals surface area (Å²) in [7, 11) is 0. The topological polar surface area (TPSA) is 41.5 Å². The summed E-state index contributed by atoms with van der Waals surface area (Å²) < 4.78 is 43.6. The quantitative estimate of drug-likeness (QED) is 0.846. The Morgan fingerprint density at radius 1 is 1.37 bits per heavy atom. The normalized spacial score (nSPS) is 11.8. The summed E-state index contributed by atoms with van der Waals surface area (Å²) >= 11 is 5.29. The van der Waals surface area contributed by atoms with E-state index in [-0.39, 0.29) is 31.2 Å². The van der Waals surface area contributed by atoms with Crippen LogP contribution in [0.5, 0.6) is 5.75 Å². The third-order valence-electron chi connectivity index (χ3n) is 2.16. The Morgan fingerprint density at radius 2 is 2.11 bits per heavy atom. The first-order chi connectivity index (χ1) is 8.99. The smallest absolute Gasteiger partial charge is 0.418 e. The molecule has 0 amide bonds. The number of anilines is 1. The highest BCUT2D eigenvalue weighted by Crippen LogP contribution is 2.37. The van der Waals surface area contributed by atoms with Crippen molar-refractivity contribution in [1.29, 1.82) is 0 Å². The highest BCUT2D eigenvalue weighted by Gasteiger charge is 2.34. The van der Waals surface area contributed by atoms with Crippen molar-refractivity contribution < 1.29 is 23.0 Å². The molecule has 0 aliphatic rings. The molecule has 0 bridgehead atoms. The van der Waals surface area contributed by atoms with Crippen LogP contribution in [0.4, 0.5) is 18.9 Å². The average Bonchev–Trinajstić information content (AvgIpc) is 2.36. The SMILES string of the molecule is OCCOc1ccc(NC/C=C/Cl)c(C(F)(F)F)c1. The third kappa shape index (κ3) is 5.00. The van der Waals surface area contributed by atoms with E-state index in [1.807, 2.05) is 0 Å². The van der Waals surface area contributed by atoms with E-state index < -0.39 is 11.7 Å². The fraction of sp³-hybridized carbons (Fsp3) is 0.333. The maximum absolute atomic E-state index is 12.9. The van der Waals surface area contributed by atoms with E-state index >= 15 is 0 Å². The molecule has 0 radical (unpaired) electrons. The minimum atomic E-state index is -4.49. The number of hydrogen-bond acceptors (Lipinski definition) is 3. The van der Waals surface area contributed by atoms with Gasteiger partial charge in [0.1, 0.15) is 12.4 Å². The number of nitrogens with one attached hydrogen (secondary N) is 1. The van der Waals surface area contributed by atoms with Crippen LogP contribution in [0.2, 0.25) is 0 Å².